The largest absolute Gasteiger partial charge is 0.294 e. The molecule has 0 aliphatic rings. The minimum absolute atomic E-state index is 0.0831. The van der Waals surface area contributed by atoms with Crippen molar-refractivity contribution in [3.63, 3.8) is 0 Å². The number of hydrogen-bond acceptors (Lipinski definition) is 2. The molecule has 0 aliphatic carbocycles. The molecule has 1 aromatic rings. The van der Waals surface area contributed by atoms with Crippen molar-refractivity contribution in [2.45, 2.75) is 37.3 Å². The Kier molecular flexibility index (Phi) is 4.33. The van der Waals surface area contributed by atoms with E-state index in [1.807, 2.05) is 13.8 Å². The highest BCUT2D eigenvalue weighted by molar-refractivity contribution is 8.00. The Morgan fingerprint density at radius 3 is 2.73 bits per heavy atom. The van der Waals surface area contributed by atoms with Crippen molar-refractivity contribution in [1.29, 1.82) is 0 Å². The van der Waals surface area contributed by atoms with Crippen LogP contribution in [0.4, 0.5) is 4.39 Å². The summed E-state index contributed by atoms with van der Waals surface area (Å²) < 4.78 is 13.5. The van der Waals surface area contributed by atoms with Gasteiger partial charge < -0.3 is 0 Å². The molecule has 0 amide bonds. The highest BCUT2D eigenvalue weighted by atomic mass is 32.2. The van der Waals surface area contributed by atoms with Crippen molar-refractivity contribution in [1.82, 2.24) is 0 Å². The summed E-state index contributed by atoms with van der Waals surface area (Å²) in [5.41, 5.74) is 0.486. The van der Waals surface area contributed by atoms with E-state index in [9.17, 15) is 9.18 Å². The Morgan fingerprint density at radius 2 is 2.20 bits per heavy atom. The minimum atomic E-state index is -0.298. The van der Waals surface area contributed by atoms with Crippen LogP contribution in [0.2, 0.25) is 0 Å². The summed E-state index contributed by atoms with van der Waals surface area (Å²) in [5.74, 6) is -0.381. The van der Waals surface area contributed by atoms with Gasteiger partial charge >= 0.3 is 0 Å². The lowest BCUT2D eigenvalue weighted by Gasteiger charge is -2.11. The van der Waals surface area contributed by atoms with Gasteiger partial charge in [0.1, 0.15) is 5.82 Å². The summed E-state index contributed by atoms with van der Waals surface area (Å²) in [6.45, 7) is 5.54. The average Bonchev–Trinajstić information content (AvgIpc) is 2.20. The van der Waals surface area contributed by atoms with E-state index < -0.39 is 0 Å². The summed E-state index contributed by atoms with van der Waals surface area (Å²) in [6, 6.07) is 4.65. The number of hydrogen-bond donors (Lipinski definition) is 0. The van der Waals surface area contributed by atoms with Crippen LogP contribution in [0.15, 0.2) is 23.1 Å². The number of rotatable bonds is 4. The fourth-order valence-corrected chi connectivity index (χ4v) is 2.28. The van der Waals surface area contributed by atoms with Crippen LogP contribution in [-0.2, 0) is 0 Å². The zero-order valence-electron chi connectivity index (χ0n) is 9.21. The number of Topliss-reactive ketones (excluding diaryl/α,β-unsaturated/α-hetero) is 1. The number of halogens is 1. The van der Waals surface area contributed by atoms with Crippen molar-refractivity contribution in [2.75, 3.05) is 0 Å². The molecule has 0 fully saturated rings. The molecule has 0 saturated heterocycles. The molecule has 0 radical (unpaired) electrons. The molecule has 0 N–H and O–H groups in total. The summed E-state index contributed by atoms with van der Waals surface area (Å²) in [4.78, 5) is 11.8. The van der Waals surface area contributed by atoms with Gasteiger partial charge in [0.2, 0.25) is 0 Å². The molecule has 1 rings (SSSR count). The van der Waals surface area contributed by atoms with Gasteiger partial charge in [-0.05, 0) is 19.4 Å². The SMILES string of the molecule is CCC(C)Sc1c(F)cccc1C(C)=O. The van der Waals surface area contributed by atoms with Gasteiger partial charge in [0.05, 0.1) is 4.90 Å². The molecule has 1 unspecified atom stereocenters. The maximum Gasteiger partial charge on any atom is 0.161 e. The third-order valence-corrected chi connectivity index (χ3v) is 3.63. The second kappa shape index (κ2) is 5.31. The lowest BCUT2D eigenvalue weighted by atomic mass is 10.1. The van der Waals surface area contributed by atoms with Gasteiger partial charge in [-0.1, -0.05) is 26.0 Å². The molecule has 15 heavy (non-hydrogen) atoms. The third kappa shape index (κ3) is 3.06. The molecule has 0 spiro atoms. The van der Waals surface area contributed by atoms with E-state index in [2.05, 4.69) is 0 Å². The van der Waals surface area contributed by atoms with Crippen LogP contribution in [0.3, 0.4) is 0 Å². The molecule has 3 heteroatoms. The molecule has 0 aliphatic heterocycles. The zero-order valence-corrected chi connectivity index (χ0v) is 10.0. The highest BCUT2D eigenvalue weighted by Gasteiger charge is 2.14. The molecule has 0 bridgehead atoms. The normalized spacial score (nSPS) is 12.5. The first-order valence-corrected chi connectivity index (χ1v) is 5.90. The average molecular weight is 226 g/mol. The van der Waals surface area contributed by atoms with Crippen LogP contribution in [-0.4, -0.2) is 11.0 Å². The summed E-state index contributed by atoms with van der Waals surface area (Å²) >= 11 is 1.43. The molecular formula is C12H15FOS. The topological polar surface area (TPSA) is 17.1 Å². The van der Waals surface area contributed by atoms with E-state index in [1.54, 1.807) is 12.1 Å². The Bertz CT molecular complexity index is 363. The molecule has 1 nitrogen and oxygen atoms in total. The van der Waals surface area contributed by atoms with Crippen LogP contribution < -0.4 is 0 Å². The van der Waals surface area contributed by atoms with Crippen molar-refractivity contribution >= 4 is 17.5 Å². The third-order valence-electron chi connectivity index (χ3n) is 2.24. The van der Waals surface area contributed by atoms with E-state index >= 15 is 0 Å². The lowest BCUT2D eigenvalue weighted by molar-refractivity contribution is 0.101. The first-order valence-electron chi connectivity index (χ1n) is 5.02. The second-order valence-electron chi connectivity index (χ2n) is 3.51. The van der Waals surface area contributed by atoms with Gasteiger partial charge in [-0.3, -0.25) is 4.79 Å². The van der Waals surface area contributed by atoms with E-state index in [4.69, 9.17) is 0 Å². The summed E-state index contributed by atoms with van der Waals surface area (Å²) in [7, 11) is 0. The van der Waals surface area contributed by atoms with Gasteiger partial charge in [0.25, 0.3) is 0 Å². The number of ketones is 1. The summed E-state index contributed by atoms with van der Waals surface area (Å²) in [6.07, 6.45) is 0.955. The Balaban J connectivity index is 3.07. The molecule has 0 aromatic heterocycles. The van der Waals surface area contributed by atoms with Gasteiger partial charge in [-0.15, -0.1) is 11.8 Å². The van der Waals surface area contributed by atoms with Crippen molar-refractivity contribution in [2.24, 2.45) is 0 Å². The van der Waals surface area contributed by atoms with Gasteiger partial charge in [0.15, 0.2) is 5.78 Å². The monoisotopic (exact) mass is 226 g/mol. The number of carbonyl (C=O) groups is 1. The number of carbonyl (C=O) groups excluding carboxylic acids is 1. The predicted molar refractivity (Wildman–Crippen MR) is 62.0 cm³/mol. The molecule has 1 atom stereocenters. The van der Waals surface area contributed by atoms with Crippen LogP contribution in [0.5, 0.6) is 0 Å². The van der Waals surface area contributed by atoms with Crippen LogP contribution in [0, 0.1) is 5.82 Å². The Labute approximate surface area is 94.1 Å². The Morgan fingerprint density at radius 1 is 1.53 bits per heavy atom. The number of thioether (sulfide) groups is 1. The van der Waals surface area contributed by atoms with E-state index in [0.717, 1.165) is 6.42 Å². The van der Waals surface area contributed by atoms with Crippen molar-refractivity contribution in [3.8, 4) is 0 Å². The molecule has 82 valence electrons. The van der Waals surface area contributed by atoms with Crippen molar-refractivity contribution < 1.29 is 9.18 Å². The minimum Gasteiger partial charge on any atom is -0.294 e. The predicted octanol–water partition coefficient (Wildman–Crippen LogP) is 3.92. The highest BCUT2D eigenvalue weighted by Crippen LogP contribution is 2.31. The zero-order chi connectivity index (χ0) is 11.4. The molecule has 1 aromatic carbocycles. The van der Waals surface area contributed by atoms with Crippen molar-refractivity contribution in [3.05, 3.63) is 29.6 Å². The molecule has 0 saturated carbocycles. The van der Waals surface area contributed by atoms with Gasteiger partial charge in [-0.2, -0.15) is 0 Å². The quantitative estimate of drug-likeness (QED) is 0.571. The van der Waals surface area contributed by atoms with E-state index in [0.29, 0.717) is 15.7 Å². The van der Waals surface area contributed by atoms with Gasteiger partial charge in [-0.25, -0.2) is 4.39 Å². The second-order valence-corrected chi connectivity index (χ2v) is 4.96. The fourth-order valence-electron chi connectivity index (χ4n) is 1.19. The molecule has 0 heterocycles. The fraction of sp³-hybridized carbons (Fsp3) is 0.417. The first-order chi connectivity index (χ1) is 7.06. The van der Waals surface area contributed by atoms with Crippen LogP contribution in [0.1, 0.15) is 37.6 Å². The maximum atomic E-state index is 13.5. The van der Waals surface area contributed by atoms with Crippen LogP contribution >= 0.6 is 11.8 Å². The van der Waals surface area contributed by atoms with Crippen LogP contribution in [0.25, 0.3) is 0 Å². The molecular weight excluding hydrogens is 211 g/mol. The lowest BCUT2D eigenvalue weighted by Crippen LogP contribution is -2.01. The smallest absolute Gasteiger partial charge is 0.161 e. The maximum absolute atomic E-state index is 13.5. The first kappa shape index (κ1) is 12.2. The summed E-state index contributed by atoms with van der Waals surface area (Å²) in [5, 5.41) is 0.319. The standard InChI is InChI=1S/C12H15FOS/c1-4-8(2)15-12-10(9(3)14)6-5-7-11(12)13/h5-8H,4H2,1-3H3. The van der Waals surface area contributed by atoms with Gasteiger partial charge in [0, 0.05) is 10.8 Å². The number of benzene rings is 1. The van der Waals surface area contributed by atoms with E-state index in [-0.39, 0.29) is 11.6 Å². The van der Waals surface area contributed by atoms with E-state index in [1.165, 1.54) is 24.8 Å². The Hall–Kier alpha value is -0.830.